The molecule has 0 bridgehead atoms. The van der Waals surface area contributed by atoms with Crippen molar-refractivity contribution in [2.24, 2.45) is 10.8 Å². The highest BCUT2D eigenvalue weighted by Gasteiger charge is 2.43. The maximum absolute atomic E-state index is 14.5. The Kier molecular flexibility index (Phi) is 8.71. The van der Waals surface area contributed by atoms with Crippen molar-refractivity contribution < 1.29 is 13.6 Å². The molecule has 35 heavy (non-hydrogen) atoms. The summed E-state index contributed by atoms with van der Waals surface area (Å²) in [5, 5.41) is 6.53. The van der Waals surface area contributed by atoms with Gasteiger partial charge in [-0.2, -0.15) is 5.10 Å². The van der Waals surface area contributed by atoms with E-state index < -0.39 is 17.2 Å². The maximum atomic E-state index is 14.5. The van der Waals surface area contributed by atoms with Crippen LogP contribution in [0.2, 0.25) is 0 Å². The summed E-state index contributed by atoms with van der Waals surface area (Å²) in [6, 6.07) is 23.5. The number of hydrogen-bond donors (Lipinski definition) is 1. The molecule has 1 aliphatic rings. The van der Waals surface area contributed by atoms with Crippen LogP contribution >= 0.6 is 0 Å². The Balaban J connectivity index is 0.000000623. The number of carbonyl (C=O) groups is 1. The molecule has 0 fully saturated rings. The van der Waals surface area contributed by atoms with Crippen LogP contribution in [-0.2, 0) is 10.3 Å². The van der Waals surface area contributed by atoms with Crippen LogP contribution in [0.25, 0.3) is 0 Å². The topological polar surface area (TPSA) is 61.9 Å². The number of hydrogen-bond acceptors (Lipinski definition) is 4. The van der Waals surface area contributed by atoms with Crippen LogP contribution < -0.4 is 5.73 Å². The van der Waals surface area contributed by atoms with Crippen molar-refractivity contribution >= 4 is 12.1 Å². The second-order valence-electron chi connectivity index (χ2n) is 8.89. The zero-order chi connectivity index (χ0) is 25.4. The molecule has 2 N–H and O–H groups in total. The van der Waals surface area contributed by atoms with Crippen molar-refractivity contribution in [2.75, 3.05) is 21.1 Å². The molecule has 2 atom stereocenters. The van der Waals surface area contributed by atoms with Gasteiger partial charge in [0.1, 0.15) is 11.6 Å². The zero-order valence-corrected chi connectivity index (χ0v) is 20.4. The molecular formula is C28H32F2N4O. The normalized spacial score (nSPS) is 17.8. The highest BCUT2D eigenvalue weighted by Crippen LogP contribution is 2.43. The molecule has 7 heteroatoms. The molecule has 2 unspecified atom stereocenters. The van der Waals surface area contributed by atoms with Gasteiger partial charge in [0.25, 0.3) is 0 Å². The van der Waals surface area contributed by atoms with E-state index in [2.05, 4.69) is 17.2 Å². The summed E-state index contributed by atoms with van der Waals surface area (Å²) >= 11 is 0. The van der Waals surface area contributed by atoms with E-state index in [0.717, 1.165) is 42.5 Å². The van der Waals surface area contributed by atoms with Crippen molar-refractivity contribution in [3.05, 3.63) is 107 Å². The Morgan fingerprint density at radius 1 is 1.06 bits per heavy atom. The van der Waals surface area contributed by atoms with Crippen molar-refractivity contribution in [2.45, 2.75) is 30.8 Å². The van der Waals surface area contributed by atoms with E-state index in [0.29, 0.717) is 12.1 Å². The minimum atomic E-state index is -0.472. The zero-order valence-electron chi connectivity index (χ0n) is 20.4. The standard InChI is InChI=1S/C25H25F2N3.C3H7NO/c1-30-25(19-10-6-3-7-11-19,15-14-23(28)18-8-4-2-5-9-18)17-24(29-30)21-16-20(26)12-13-22(21)27;1-4(2)3-5/h2-13,16,23H,14-15,17,28H2,1H3;3H,1-2H3. The van der Waals surface area contributed by atoms with Gasteiger partial charge in [-0.15, -0.1) is 0 Å². The first-order chi connectivity index (χ1) is 16.8. The van der Waals surface area contributed by atoms with E-state index in [1.165, 1.54) is 11.0 Å². The molecule has 1 amide bonds. The van der Waals surface area contributed by atoms with E-state index in [1.807, 2.05) is 60.6 Å². The predicted octanol–water partition coefficient (Wildman–Crippen LogP) is 5.08. The molecule has 3 aromatic rings. The number of nitrogens with zero attached hydrogens (tertiary/aromatic N) is 3. The number of benzene rings is 3. The first kappa shape index (κ1) is 26.0. The lowest BCUT2D eigenvalue weighted by atomic mass is 9.79. The molecule has 0 saturated carbocycles. The number of halogens is 2. The van der Waals surface area contributed by atoms with Gasteiger partial charge in [-0.1, -0.05) is 60.7 Å². The van der Waals surface area contributed by atoms with Crippen molar-refractivity contribution in [1.29, 1.82) is 0 Å². The Morgan fingerprint density at radius 3 is 2.26 bits per heavy atom. The first-order valence-corrected chi connectivity index (χ1v) is 11.5. The lowest BCUT2D eigenvalue weighted by molar-refractivity contribution is -0.115. The van der Waals surface area contributed by atoms with Crippen LogP contribution in [0.15, 0.2) is 84.0 Å². The second kappa shape index (κ2) is 11.7. The number of hydrazone groups is 1. The SMILES string of the molecule is CN(C)C=O.CN1N=C(c2cc(F)ccc2F)CC1(CCC(N)c1ccccc1)c1ccccc1. The molecular weight excluding hydrogens is 446 g/mol. The summed E-state index contributed by atoms with van der Waals surface area (Å²) in [6.07, 6.45) is 2.70. The third kappa shape index (κ3) is 6.31. The van der Waals surface area contributed by atoms with E-state index in [1.54, 1.807) is 14.1 Å². The van der Waals surface area contributed by atoms with E-state index in [9.17, 15) is 13.6 Å². The van der Waals surface area contributed by atoms with Gasteiger partial charge in [0.05, 0.1) is 11.3 Å². The lowest BCUT2D eigenvalue weighted by Crippen LogP contribution is -2.38. The first-order valence-electron chi connectivity index (χ1n) is 11.5. The third-order valence-electron chi connectivity index (χ3n) is 6.21. The van der Waals surface area contributed by atoms with Gasteiger partial charge in [0.2, 0.25) is 6.41 Å². The average molecular weight is 479 g/mol. The molecule has 4 rings (SSSR count). The second-order valence-corrected chi connectivity index (χ2v) is 8.89. The molecule has 3 aromatic carbocycles. The van der Waals surface area contributed by atoms with Crippen LogP contribution in [0.5, 0.6) is 0 Å². The van der Waals surface area contributed by atoms with E-state index in [-0.39, 0.29) is 11.6 Å². The summed E-state index contributed by atoms with van der Waals surface area (Å²) < 4.78 is 28.3. The van der Waals surface area contributed by atoms with E-state index >= 15 is 0 Å². The molecule has 1 heterocycles. The Morgan fingerprint density at radius 2 is 1.66 bits per heavy atom. The summed E-state index contributed by atoms with van der Waals surface area (Å²) in [7, 11) is 5.27. The molecule has 0 aromatic heterocycles. The number of carbonyl (C=O) groups excluding carboxylic acids is 1. The smallest absolute Gasteiger partial charge is 0.209 e. The van der Waals surface area contributed by atoms with Gasteiger partial charge in [-0.05, 0) is 42.2 Å². The minimum Gasteiger partial charge on any atom is -0.351 e. The van der Waals surface area contributed by atoms with Gasteiger partial charge >= 0.3 is 0 Å². The molecule has 5 nitrogen and oxygen atoms in total. The molecule has 0 aliphatic carbocycles. The van der Waals surface area contributed by atoms with Crippen LogP contribution in [0.1, 0.15) is 42.0 Å². The predicted molar refractivity (Wildman–Crippen MR) is 136 cm³/mol. The minimum absolute atomic E-state index is 0.116. The molecule has 0 spiro atoms. The number of nitrogens with two attached hydrogens (primary N) is 1. The summed E-state index contributed by atoms with van der Waals surface area (Å²) in [6.45, 7) is 0. The van der Waals surface area contributed by atoms with Gasteiger partial charge in [0.15, 0.2) is 0 Å². The molecule has 0 radical (unpaired) electrons. The maximum Gasteiger partial charge on any atom is 0.209 e. The fourth-order valence-electron chi connectivity index (χ4n) is 4.26. The van der Waals surface area contributed by atoms with Crippen LogP contribution in [0, 0.1) is 11.6 Å². The summed E-state index contributed by atoms with van der Waals surface area (Å²) in [5.74, 6) is -0.937. The fourth-order valence-corrected chi connectivity index (χ4v) is 4.26. The fraction of sp³-hybridized carbons (Fsp3) is 0.286. The Labute approximate surface area is 205 Å². The van der Waals surface area contributed by atoms with Crippen molar-refractivity contribution in [3.8, 4) is 0 Å². The van der Waals surface area contributed by atoms with Gasteiger partial charge < -0.3 is 10.6 Å². The number of rotatable bonds is 7. The van der Waals surface area contributed by atoms with Crippen LogP contribution in [0.4, 0.5) is 8.78 Å². The van der Waals surface area contributed by atoms with Gasteiger partial charge in [-0.25, -0.2) is 8.78 Å². The third-order valence-corrected chi connectivity index (χ3v) is 6.21. The average Bonchev–Trinajstić information content (AvgIpc) is 3.22. The Hall–Kier alpha value is -3.58. The molecule has 184 valence electrons. The number of amides is 1. The van der Waals surface area contributed by atoms with Crippen molar-refractivity contribution in [1.82, 2.24) is 9.91 Å². The highest BCUT2D eigenvalue weighted by atomic mass is 19.1. The quantitative estimate of drug-likeness (QED) is 0.482. The van der Waals surface area contributed by atoms with E-state index in [4.69, 9.17) is 5.73 Å². The van der Waals surface area contributed by atoms with Crippen LogP contribution in [-0.4, -0.2) is 43.2 Å². The molecule has 0 saturated heterocycles. The van der Waals surface area contributed by atoms with Crippen molar-refractivity contribution in [3.63, 3.8) is 0 Å². The summed E-state index contributed by atoms with van der Waals surface area (Å²) in [4.78, 5) is 10.9. The largest absolute Gasteiger partial charge is 0.351 e. The van der Waals surface area contributed by atoms with Gasteiger partial charge in [0, 0.05) is 39.2 Å². The lowest BCUT2D eigenvalue weighted by Gasteiger charge is -2.37. The highest BCUT2D eigenvalue weighted by molar-refractivity contribution is 6.02. The molecule has 1 aliphatic heterocycles. The Bertz CT molecular complexity index is 1140. The van der Waals surface area contributed by atoms with Crippen LogP contribution in [0.3, 0.4) is 0 Å². The van der Waals surface area contributed by atoms with Gasteiger partial charge in [-0.3, -0.25) is 9.80 Å². The summed E-state index contributed by atoms with van der Waals surface area (Å²) in [5.41, 5.74) is 8.94. The monoisotopic (exact) mass is 478 g/mol.